The lowest BCUT2D eigenvalue weighted by Gasteiger charge is -2.37. The molecule has 15 nitrogen and oxygen atoms in total. The molecule has 5 aliphatic heterocycles. The van der Waals surface area contributed by atoms with Gasteiger partial charge in [-0.25, -0.2) is 24.8 Å². The highest BCUT2D eigenvalue weighted by molar-refractivity contribution is 7.90. The quantitative estimate of drug-likeness (QED) is 0.254. The molecular formula is C45H62N6O9S2. The van der Waals surface area contributed by atoms with Gasteiger partial charge in [0.1, 0.15) is 0 Å². The summed E-state index contributed by atoms with van der Waals surface area (Å²) in [6, 6.07) is 11.4. The summed E-state index contributed by atoms with van der Waals surface area (Å²) in [6.45, 7) is 10.5. The van der Waals surface area contributed by atoms with Crippen LogP contribution in [-0.2, 0) is 60.2 Å². The van der Waals surface area contributed by atoms with Crippen LogP contribution in [0.15, 0.2) is 36.4 Å². The molecule has 1 N–H and O–H groups in total. The second kappa shape index (κ2) is 18.7. The van der Waals surface area contributed by atoms with Gasteiger partial charge in [0.05, 0.1) is 34.7 Å². The number of ether oxygens (including phenoxy) is 3. The van der Waals surface area contributed by atoms with E-state index in [4.69, 9.17) is 14.2 Å². The molecule has 3 fully saturated rings. The maximum Gasteiger partial charge on any atom is 0.253 e. The van der Waals surface area contributed by atoms with Crippen LogP contribution in [0.25, 0.3) is 21.8 Å². The van der Waals surface area contributed by atoms with Crippen LogP contribution in [0.2, 0.25) is 0 Å². The minimum atomic E-state index is -3.46. The van der Waals surface area contributed by atoms with Crippen LogP contribution >= 0.6 is 0 Å². The molecule has 62 heavy (non-hydrogen) atoms. The average molecular weight is 895 g/mol. The van der Waals surface area contributed by atoms with E-state index in [1.165, 1.54) is 3.97 Å². The molecule has 0 atom stereocenters. The second-order valence-electron chi connectivity index (χ2n) is 17.1. The van der Waals surface area contributed by atoms with Crippen molar-refractivity contribution in [2.24, 2.45) is 0 Å². The highest BCUT2D eigenvalue weighted by atomic mass is 32.2. The van der Waals surface area contributed by atoms with Crippen LogP contribution in [0.1, 0.15) is 95.6 Å². The number of methoxy groups -OCH3 is 2. The maximum atomic E-state index is 13.3. The summed E-state index contributed by atoms with van der Waals surface area (Å²) in [5.74, 6) is 0.0989. The summed E-state index contributed by atoms with van der Waals surface area (Å²) in [4.78, 5) is 32.5. The van der Waals surface area contributed by atoms with Crippen molar-refractivity contribution in [2.75, 3.05) is 78.2 Å². The predicted molar refractivity (Wildman–Crippen MR) is 239 cm³/mol. The molecule has 2 aromatic carbocycles. The van der Waals surface area contributed by atoms with Crippen molar-refractivity contribution in [2.45, 2.75) is 96.6 Å². The van der Waals surface area contributed by atoms with Gasteiger partial charge in [-0.3, -0.25) is 14.5 Å². The lowest BCUT2D eigenvalue weighted by atomic mass is 9.98. The molecule has 338 valence electrons. The zero-order valence-electron chi connectivity index (χ0n) is 36.6. The molecular weight excluding hydrogens is 833 g/mol. The first-order valence-corrected chi connectivity index (χ1v) is 25.6. The number of carbonyl (C=O) groups excluding carboxylic acids is 2. The highest BCUT2D eigenvalue weighted by Gasteiger charge is 2.34. The van der Waals surface area contributed by atoms with Crippen LogP contribution in [0, 0.1) is 0 Å². The number of nitrogens with one attached hydrogen (secondary N) is 1. The zero-order valence-corrected chi connectivity index (χ0v) is 38.2. The Hall–Kier alpha value is -3.84. The number of fused-ring (bicyclic) bond motifs is 6. The molecule has 4 aromatic rings. The molecule has 0 aliphatic carbocycles. The van der Waals surface area contributed by atoms with E-state index in [-0.39, 0.29) is 35.5 Å². The Labute approximate surface area is 365 Å². The van der Waals surface area contributed by atoms with Crippen molar-refractivity contribution in [1.82, 2.24) is 28.0 Å². The van der Waals surface area contributed by atoms with E-state index < -0.39 is 20.0 Å². The third-order valence-corrected chi connectivity index (χ3v) is 17.1. The molecule has 0 radical (unpaired) electrons. The fourth-order valence-electron chi connectivity index (χ4n) is 10.1. The Morgan fingerprint density at radius 3 is 1.65 bits per heavy atom. The standard InChI is InChI=1S/C25H35N3O5S.C20H27N3O4S/c1-3-34(30,31)28-23-5-4-18(25(29)26-11-6-20(32-2)7-12-26)16-21(23)22-17-27(13-8-24(22)28)19-9-14-33-15-10-19;1-3-28(25,26)23-18-5-4-14(12-16(18)17-13-21-9-6-19(17)23)20(24)22-10-7-15(27-2)8-11-22/h4-5,16,19-20H,3,6-15,17H2,1-2H3;4-5,12,15,21H,3,6-11,13H2,1-2H3. The molecule has 0 bridgehead atoms. The fourth-order valence-corrected chi connectivity index (χ4v) is 12.6. The molecule has 5 aliphatic rings. The normalized spacial score (nSPS) is 19.9. The van der Waals surface area contributed by atoms with E-state index in [1.807, 2.05) is 28.0 Å². The first kappa shape index (κ1) is 44.8. The largest absolute Gasteiger partial charge is 0.381 e. The van der Waals surface area contributed by atoms with Gasteiger partial charge in [-0.05, 0) is 99.9 Å². The molecule has 7 heterocycles. The third-order valence-electron chi connectivity index (χ3n) is 13.7. The molecule has 0 unspecified atom stereocenters. The van der Waals surface area contributed by atoms with Gasteiger partial charge < -0.3 is 29.3 Å². The van der Waals surface area contributed by atoms with E-state index in [0.717, 1.165) is 98.1 Å². The SMILES string of the molecule is CCS(=O)(=O)n1c2c(c3cc(C(=O)N4CCC(OC)CC4)ccc31)CN(C1CCOCC1)CC2.CCS(=O)(=O)n1c2c(c3cc(C(=O)N4CCC(OC)CC4)ccc31)CNCC2. The summed E-state index contributed by atoms with van der Waals surface area (Å²) in [5.41, 5.74) is 6.37. The Morgan fingerprint density at radius 2 is 1.16 bits per heavy atom. The maximum absolute atomic E-state index is 13.3. The number of benzene rings is 2. The Kier molecular flexibility index (Phi) is 13.5. The van der Waals surface area contributed by atoms with Crippen molar-refractivity contribution in [3.63, 3.8) is 0 Å². The Balaban J connectivity index is 0.000000174. The number of piperidine rings is 2. The number of rotatable bonds is 9. The van der Waals surface area contributed by atoms with Gasteiger partial charge in [0.2, 0.25) is 20.0 Å². The van der Waals surface area contributed by atoms with Crippen LogP contribution in [0.5, 0.6) is 0 Å². The number of likely N-dealkylation sites (tertiary alicyclic amines) is 2. The van der Waals surface area contributed by atoms with E-state index >= 15 is 0 Å². The topological polar surface area (TPSA) is 162 Å². The average Bonchev–Trinajstić information content (AvgIpc) is 3.84. The van der Waals surface area contributed by atoms with Crippen molar-refractivity contribution in [3.05, 3.63) is 70.0 Å². The molecule has 3 saturated heterocycles. The van der Waals surface area contributed by atoms with E-state index in [1.54, 1.807) is 50.2 Å². The van der Waals surface area contributed by atoms with E-state index in [9.17, 15) is 26.4 Å². The predicted octanol–water partition coefficient (Wildman–Crippen LogP) is 4.36. The lowest BCUT2D eigenvalue weighted by molar-refractivity contribution is 0.0290. The monoisotopic (exact) mass is 894 g/mol. The molecule has 9 rings (SSSR count). The van der Waals surface area contributed by atoms with E-state index in [0.29, 0.717) is 80.3 Å². The summed E-state index contributed by atoms with van der Waals surface area (Å²) in [6.07, 6.45) is 7.15. The summed E-state index contributed by atoms with van der Waals surface area (Å²) >= 11 is 0. The second-order valence-corrected chi connectivity index (χ2v) is 21.3. The smallest absolute Gasteiger partial charge is 0.253 e. The highest BCUT2D eigenvalue weighted by Crippen LogP contribution is 2.36. The van der Waals surface area contributed by atoms with Crippen LogP contribution in [-0.4, -0.2) is 148 Å². The van der Waals surface area contributed by atoms with Crippen molar-refractivity contribution >= 4 is 53.7 Å². The van der Waals surface area contributed by atoms with Crippen molar-refractivity contribution in [1.29, 1.82) is 0 Å². The summed E-state index contributed by atoms with van der Waals surface area (Å²) in [5, 5.41) is 5.07. The molecule has 2 amide bonds. The lowest BCUT2D eigenvalue weighted by Crippen LogP contribution is -2.42. The van der Waals surface area contributed by atoms with Crippen molar-refractivity contribution < 1.29 is 40.6 Å². The van der Waals surface area contributed by atoms with Crippen LogP contribution in [0.4, 0.5) is 0 Å². The van der Waals surface area contributed by atoms with Gasteiger partial charge in [0, 0.05) is 132 Å². The Morgan fingerprint density at radius 1 is 0.677 bits per heavy atom. The number of hydrogen-bond acceptors (Lipinski definition) is 11. The van der Waals surface area contributed by atoms with Crippen LogP contribution in [0.3, 0.4) is 0 Å². The first-order chi connectivity index (χ1) is 29.9. The molecule has 17 heteroatoms. The molecule has 0 saturated carbocycles. The summed E-state index contributed by atoms with van der Waals surface area (Å²) < 4.78 is 71.1. The van der Waals surface area contributed by atoms with Gasteiger partial charge in [0.25, 0.3) is 11.8 Å². The van der Waals surface area contributed by atoms with Gasteiger partial charge in [-0.15, -0.1) is 0 Å². The molecule has 2 aromatic heterocycles. The molecule has 0 spiro atoms. The fraction of sp³-hybridized carbons (Fsp3) is 0.600. The van der Waals surface area contributed by atoms with Gasteiger partial charge >= 0.3 is 0 Å². The van der Waals surface area contributed by atoms with Gasteiger partial charge in [-0.1, -0.05) is 0 Å². The van der Waals surface area contributed by atoms with Crippen LogP contribution < -0.4 is 5.32 Å². The minimum Gasteiger partial charge on any atom is -0.381 e. The van der Waals surface area contributed by atoms with Gasteiger partial charge in [-0.2, -0.15) is 0 Å². The number of aromatic nitrogens is 2. The zero-order chi connectivity index (χ0) is 43.8. The Bertz CT molecular complexity index is 2510. The number of nitrogens with zero attached hydrogens (tertiary/aromatic N) is 5. The number of carbonyl (C=O) groups is 2. The summed E-state index contributed by atoms with van der Waals surface area (Å²) in [7, 11) is -3.43. The minimum absolute atomic E-state index is 0.0000651. The van der Waals surface area contributed by atoms with E-state index in [2.05, 4.69) is 10.2 Å². The number of hydrogen-bond donors (Lipinski definition) is 1. The van der Waals surface area contributed by atoms with Gasteiger partial charge in [0.15, 0.2) is 0 Å². The third kappa shape index (κ3) is 8.70. The first-order valence-electron chi connectivity index (χ1n) is 22.3. The van der Waals surface area contributed by atoms with Crippen molar-refractivity contribution in [3.8, 4) is 0 Å². The number of amides is 2.